The van der Waals surface area contributed by atoms with E-state index in [1.54, 1.807) is 76.2 Å². The molecule has 0 amide bonds. The second-order valence-corrected chi connectivity index (χ2v) is 42.5. The minimum Gasteiger partial charge on any atom is -0.312 e. The number of aryl methyl sites for hydroxylation is 4. The Hall–Kier alpha value is -2.61. The van der Waals surface area contributed by atoms with Crippen LogP contribution in [0.25, 0.3) is 0 Å². The fourth-order valence-corrected chi connectivity index (χ4v) is 62.2. The highest BCUT2D eigenvalue weighted by atomic mass is 32.2. The third-order valence-electron chi connectivity index (χ3n) is 10.1. The van der Waals surface area contributed by atoms with E-state index in [1.807, 2.05) is 0 Å². The van der Waals surface area contributed by atoms with Crippen LogP contribution in [0.15, 0.2) is 117 Å². The van der Waals surface area contributed by atoms with Gasteiger partial charge in [0.25, 0.3) is 40.5 Å². The Morgan fingerprint density at radius 3 is 0.596 bits per heavy atom. The minimum absolute atomic E-state index is 0.212. The Morgan fingerprint density at radius 1 is 0.316 bits per heavy atom. The molecule has 57 heavy (non-hydrogen) atoms. The predicted octanol–water partition coefficient (Wildman–Crippen LogP) is 8.02. The first-order valence-corrected chi connectivity index (χ1v) is 35.2. The lowest BCUT2D eigenvalue weighted by Gasteiger charge is -2.61. The summed E-state index contributed by atoms with van der Waals surface area (Å²) in [6, 6.07) is 23.6. The molecule has 0 N–H and O–H groups in total. The fraction of sp³-hybridized carbons (Fsp3) is 0.351. The molecule has 0 bridgehead atoms. The third kappa shape index (κ3) is 9.57. The molecule has 20 heteroatoms. The second-order valence-electron chi connectivity index (χ2n) is 16.2. The van der Waals surface area contributed by atoms with Gasteiger partial charge in [0.15, 0.2) is 0 Å². The van der Waals surface area contributed by atoms with E-state index in [2.05, 4.69) is 0 Å². The summed E-state index contributed by atoms with van der Waals surface area (Å²) in [5, 5.41) is 0. The molecule has 0 aliphatic heterocycles. The van der Waals surface area contributed by atoms with Crippen molar-refractivity contribution in [1.82, 2.24) is 0 Å². The van der Waals surface area contributed by atoms with Gasteiger partial charge < -0.3 is 15.5 Å². The monoisotopic (exact) mass is 928 g/mol. The Morgan fingerprint density at radius 2 is 0.456 bits per heavy atom. The van der Waals surface area contributed by atoms with Gasteiger partial charge in [-0.1, -0.05) is 70.8 Å². The van der Waals surface area contributed by atoms with E-state index in [0.717, 1.165) is 22.3 Å². The zero-order valence-corrected chi connectivity index (χ0v) is 41.5. The van der Waals surface area contributed by atoms with Crippen molar-refractivity contribution in [2.45, 2.75) is 104 Å². The molecule has 0 unspecified atom stereocenters. The predicted molar refractivity (Wildman–Crippen MR) is 230 cm³/mol. The van der Waals surface area contributed by atoms with Crippen LogP contribution in [0.1, 0.15) is 22.3 Å². The van der Waals surface area contributed by atoms with Crippen LogP contribution >= 0.6 is 0 Å². The van der Waals surface area contributed by atoms with Crippen molar-refractivity contribution < 1.29 is 49.2 Å². The zero-order chi connectivity index (χ0) is 43.3. The molecular weight excluding hydrogens is 877 g/mol. The molecule has 0 aromatic heterocycles. The molecule has 4 rings (SSSR count). The lowest BCUT2D eigenvalue weighted by atomic mass is 10.2. The molecule has 312 valence electrons. The van der Waals surface area contributed by atoms with Crippen molar-refractivity contribution in [3.05, 3.63) is 119 Å². The van der Waals surface area contributed by atoms with E-state index in [9.17, 15) is 33.7 Å². The highest BCUT2D eigenvalue weighted by Crippen LogP contribution is 2.62. The van der Waals surface area contributed by atoms with E-state index in [1.165, 1.54) is 101 Å². The number of hydrogen-bond donors (Lipinski definition) is 0. The normalized spacial score (nSPS) is 14.1. The van der Waals surface area contributed by atoms with E-state index < -0.39 is 77.7 Å². The van der Waals surface area contributed by atoms with Crippen LogP contribution in [-0.4, -0.2) is 66.9 Å². The smallest absolute Gasteiger partial charge is 0.287 e. The molecule has 0 spiro atoms. The average Bonchev–Trinajstić information content (AvgIpc) is 3.03. The van der Waals surface area contributed by atoms with Crippen molar-refractivity contribution in [2.24, 2.45) is 0 Å². The lowest BCUT2D eigenvalue weighted by molar-refractivity contribution is 0.436. The van der Waals surface area contributed by atoms with Gasteiger partial charge in [-0.2, -0.15) is 33.7 Å². The average molecular weight is 929 g/mol. The third-order valence-corrected chi connectivity index (χ3v) is 52.6. The molecule has 0 heterocycles. The number of rotatable bonds is 16. The largest absolute Gasteiger partial charge is 0.312 e. The summed E-state index contributed by atoms with van der Waals surface area (Å²) in [6.07, 6.45) is 0. The maximum atomic E-state index is 14.4. The molecule has 0 saturated heterocycles. The summed E-state index contributed by atoms with van der Waals surface area (Å²) in [4.78, 5) is -0.850. The summed E-state index contributed by atoms with van der Waals surface area (Å²) >= 11 is 0. The van der Waals surface area contributed by atoms with E-state index in [0.29, 0.717) is 0 Å². The van der Waals surface area contributed by atoms with Crippen molar-refractivity contribution in [3.8, 4) is 0 Å². The topological polar surface area (TPSA) is 173 Å². The van der Waals surface area contributed by atoms with E-state index >= 15 is 0 Å². The Balaban J connectivity index is 2.15. The van der Waals surface area contributed by atoms with Gasteiger partial charge in [0.05, 0.1) is 23.5 Å². The SMILES string of the molecule is Cc1ccc(S(=O)(=O)O[Si](C)(C)C([Si](C)(C)OS(=O)(=O)c2ccc(C)cc2)([Si](C)(C)OS(=O)(=O)c2ccc(C)cc2)[Si](C)(C)OS(=O)(=O)c2ccc(C)cc2)cc1. The maximum absolute atomic E-state index is 14.4. The molecule has 0 radical (unpaired) electrons. The molecule has 0 aliphatic rings. The molecule has 4 aromatic carbocycles. The van der Waals surface area contributed by atoms with Crippen LogP contribution in [0.5, 0.6) is 0 Å². The van der Waals surface area contributed by atoms with Gasteiger partial charge in [-0.15, -0.1) is 0 Å². The minimum atomic E-state index is -4.69. The lowest BCUT2D eigenvalue weighted by Crippen LogP contribution is -2.81. The first-order chi connectivity index (χ1) is 25.8. The van der Waals surface area contributed by atoms with Crippen LogP contribution in [-0.2, 0) is 56.0 Å². The Kier molecular flexibility index (Phi) is 13.3. The van der Waals surface area contributed by atoms with Gasteiger partial charge in [-0.05, 0) is 129 Å². The van der Waals surface area contributed by atoms with Crippen molar-refractivity contribution >= 4 is 73.7 Å². The van der Waals surface area contributed by atoms with Gasteiger partial charge in [0, 0.05) is 0 Å². The first-order valence-electron chi connectivity index (χ1n) is 17.9. The van der Waals surface area contributed by atoms with Crippen LogP contribution < -0.4 is 0 Å². The number of hydrogen-bond acceptors (Lipinski definition) is 12. The summed E-state index contributed by atoms with van der Waals surface area (Å²) in [6.45, 7) is 19.1. The standard InChI is InChI=1S/C37H52O12S4Si4/c1-29-13-21-33(22-14-29)50(38,39)46-54(5,6)37(55(7,8)47-51(40,41)34-23-15-30(2)16-24-34,56(9,10)48-52(42,43)35-25-17-31(3)18-26-35)57(11,12)49-53(44,45)36-27-19-32(4)20-28-36/h13-28H,1-12H3. The highest BCUT2D eigenvalue weighted by Gasteiger charge is 2.80. The summed E-state index contributed by atoms with van der Waals surface area (Å²) in [5.74, 6) is 0. The van der Waals surface area contributed by atoms with Crippen LogP contribution in [0, 0.1) is 27.7 Å². The summed E-state index contributed by atoms with van der Waals surface area (Å²) in [7, 11) is -36.4. The van der Waals surface area contributed by atoms with Gasteiger partial charge >= 0.3 is 0 Å². The fourth-order valence-electron chi connectivity index (χ4n) is 8.71. The zero-order valence-electron chi connectivity index (χ0n) is 34.3. The van der Waals surface area contributed by atoms with Crippen molar-refractivity contribution in [3.63, 3.8) is 0 Å². The van der Waals surface area contributed by atoms with Crippen molar-refractivity contribution in [1.29, 1.82) is 0 Å². The van der Waals surface area contributed by atoms with Crippen LogP contribution in [0.3, 0.4) is 0 Å². The van der Waals surface area contributed by atoms with Crippen molar-refractivity contribution in [2.75, 3.05) is 0 Å². The maximum Gasteiger partial charge on any atom is 0.287 e. The molecular formula is C37H52O12S4Si4. The van der Waals surface area contributed by atoms with Crippen LogP contribution in [0.2, 0.25) is 56.3 Å². The van der Waals surface area contributed by atoms with Gasteiger partial charge in [-0.25, -0.2) is 0 Å². The second kappa shape index (κ2) is 16.1. The van der Waals surface area contributed by atoms with Gasteiger partial charge in [0.1, 0.15) is 0 Å². The molecule has 12 nitrogen and oxygen atoms in total. The molecule has 0 aliphatic carbocycles. The van der Waals surface area contributed by atoms with E-state index in [4.69, 9.17) is 15.5 Å². The Bertz CT molecular complexity index is 2180. The van der Waals surface area contributed by atoms with Crippen LogP contribution in [0.4, 0.5) is 0 Å². The van der Waals surface area contributed by atoms with E-state index in [-0.39, 0.29) is 19.6 Å². The summed E-state index contributed by atoms with van der Waals surface area (Å²) in [5.41, 5.74) is 3.09. The quantitative estimate of drug-likeness (QED) is 0.0992. The summed E-state index contributed by atoms with van der Waals surface area (Å²) < 4.78 is 139. The molecule has 0 fully saturated rings. The molecule has 4 aromatic rings. The van der Waals surface area contributed by atoms with Gasteiger partial charge in [-0.3, -0.25) is 0 Å². The number of benzene rings is 4. The van der Waals surface area contributed by atoms with Gasteiger partial charge in [0.2, 0.25) is 33.3 Å². The molecule has 0 saturated carbocycles. The first kappa shape index (κ1) is 47.1. The molecule has 0 atom stereocenters. The Labute approximate surface area is 343 Å². The highest BCUT2D eigenvalue weighted by molar-refractivity contribution is 7.89.